The molecule has 20 heavy (non-hydrogen) atoms. The lowest BCUT2D eigenvalue weighted by molar-refractivity contribution is -0.206. The van der Waals surface area contributed by atoms with Crippen molar-refractivity contribution in [1.82, 2.24) is 0 Å². The van der Waals surface area contributed by atoms with E-state index in [1.54, 1.807) is 0 Å². The molecule has 0 unspecified atom stereocenters. The summed E-state index contributed by atoms with van der Waals surface area (Å²) in [7, 11) is 0. The van der Waals surface area contributed by atoms with Gasteiger partial charge in [-0.1, -0.05) is 36.8 Å². The van der Waals surface area contributed by atoms with Gasteiger partial charge in [0.05, 0.1) is 12.2 Å². The van der Waals surface area contributed by atoms with Crippen LogP contribution in [-0.4, -0.2) is 29.2 Å². The normalized spacial score (nSPS) is 39.0. The Morgan fingerprint density at radius 1 is 0.950 bits per heavy atom. The topological polar surface area (TPSA) is 38.7 Å². The summed E-state index contributed by atoms with van der Waals surface area (Å²) in [5.41, 5.74) is 1.26. The van der Waals surface area contributed by atoms with Crippen LogP contribution in [0.3, 0.4) is 0 Å². The molecule has 1 aromatic carbocycles. The van der Waals surface area contributed by atoms with Crippen LogP contribution in [0.4, 0.5) is 0 Å². The van der Waals surface area contributed by atoms with Crippen LogP contribution in [0.5, 0.6) is 0 Å². The van der Waals surface area contributed by atoms with Gasteiger partial charge >= 0.3 is 0 Å². The van der Waals surface area contributed by atoms with E-state index >= 15 is 0 Å². The zero-order valence-corrected chi connectivity index (χ0v) is 11.7. The van der Waals surface area contributed by atoms with Crippen molar-refractivity contribution in [1.29, 1.82) is 0 Å². The fourth-order valence-corrected chi connectivity index (χ4v) is 4.15. The number of aliphatic hydroxyl groups excluding tert-OH is 1. The van der Waals surface area contributed by atoms with Gasteiger partial charge in [-0.05, 0) is 24.8 Å². The zero-order chi connectivity index (χ0) is 13.6. The van der Waals surface area contributed by atoms with Gasteiger partial charge in [-0.2, -0.15) is 0 Å². The van der Waals surface area contributed by atoms with Crippen LogP contribution in [-0.2, 0) is 9.47 Å². The second kappa shape index (κ2) is 4.83. The molecule has 4 rings (SSSR count). The van der Waals surface area contributed by atoms with Gasteiger partial charge < -0.3 is 14.6 Å². The number of hydrogen-bond acceptors (Lipinski definition) is 3. The first-order chi connectivity index (χ1) is 9.77. The molecule has 3 fully saturated rings. The predicted molar refractivity (Wildman–Crippen MR) is 75.4 cm³/mol. The molecule has 0 radical (unpaired) electrons. The van der Waals surface area contributed by atoms with Gasteiger partial charge in [0.15, 0.2) is 5.79 Å². The van der Waals surface area contributed by atoms with E-state index in [1.165, 1.54) is 24.8 Å². The highest BCUT2D eigenvalue weighted by molar-refractivity contribution is 5.25. The van der Waals surface area contributed by atoms with Crippen molar-refractivity contribution in [2.75, 3.05) is 0 Å². The Bertz CT molecular complexity index is 466. The van der Waals surface area contributed by atoms with Crippen LogP contribution >= 0.6 is 0 Å². The average Bonchev–Trinajstić information content (AvgIpc) is 2.98. The van der Waals surface area contributed by atoms with E-state index in [9.17, 15) is 5.11 Å². The van der Waals surface area contributed by atoms with E-state index in [0.717, 1.165) is 19.3 Å². The molecule has 1 aliphatic heterocycles. The Labute approximate surface area is 119 Å². The summed E-state index contributed by atoms with van der Waals surface area (Å²) < 4.78 is 12.6. The molecule has 3 aliphatic rings. The third-order valence-electron chi connectivity index (χ3n) is 5.14. The van der Waals surface area contributed by atoms with E-state index in [1.807, 2.05) is 6.07 Å². The first kappa shape index (κ1) is 12.8. The maximum atomic E-state index is 10.3. The molecule has 3 nitrogen and oxygen atoms in total. The minimum atomic E-state index is -0.401. The molecule has 0 aromatic heterocycles. The lowest BCUT2D eigenvalue weighted by Crippen LogP contribution is -2.35. The van der Waals surface area contributed by atoms with Crippen LogP contribution in [0.25, 0.3) is 0 Å². The Kier molecular flexibility index (Phi) is 3.09. The van der Waals surface area contributed by atoms with Crippen molar-refractivity contribution in [3.63, 3.8) is 0 Å². The molecule has 2 saturated carbocycles. The van der Waals surface area contributed by atoms with Gasteiger partial charge in [0.1, 0.15) is 6.10 Å². The Balaban J connectivity index is 1.60. The average molecular weight is 274 g/mol. The predicted octanol–water partition coefficient (Wildman–Crippen LogP) is 2.98. The summed E-state index contributed by atoms with van der Waals surface area (Å²) in [6, 6.07) is 10.4. The van der Waals surface area contributed by atoms with E-state index in [4.69, 9.17) is 9.47 Å². The fraction of sp³-hybridized carbons (Fsp3) is 0.647. The third-order valence-corrected chi connectivity index (χ3v) is 5.14. The highest BCUT2D eigenvalue weighted by atomic mass is 16.8. The monoisotopic (exact) mass is 274 g/mol. The van der Waals surface area contributed by atoms with Gasteiger partial charge in [0.2, 0.25) is 0 Å². The molecule has 0 bridgehead atoms. The number of fused-ring (bicyclic) bond motifs is 1. The van der Waals surface area contributed by atoms with Gasteiger partial charge in [0.25, 0.3) is 0 Å². The number of hydrogen-bond donors (Lipinski definition) is 1. The summed E-state index contributed by atoms with van der Waals surface area (Å²) in [5, 5.41) is 10.3. The van der Waals surface area contributed by atoms with Gasteiger partial charge in [-0.3, -0.25) is 0 Å². The number of aliphatic hydroxyl groups is 1. The summed E-state index contributed by atoms with van der Waals surface area (Å²) in [5.74, 6) is -0.139. The van der Waals surface area contributed by atoms with Crippen molar-refractivity contribution < 1.29 is 14.6 Å². The minimum Gasteiger partial charge on any atom is -0.390 e. The largest absolute Gasteiger partial charge is 0.390 e. The SMILES string of the molecule is O[C@H]1C[C@H](c2ccccc2)[C@H]2OC3(CCCCC3)O[C@H]21. The second-order valence-corrected chi connectivity index (χ2v) is 6.46. The first-order valence-electron chi connectivity index (χ1n) is 7.86. The molecule has 1 spiro atoms. The molecule has 1 aromatic rings. The number of ether oxygens (including phenoxy) is 2. The van der Waals surface area contributed by atoms with Crippen LogP contribution in [0.1, 0.15) is 50.0 Å². The van der Waals surface area contributed by atoms with Crippen molar-refractivity contribution in [3.05, 3.63) is 35.9 Å². The highest BCUT2D eigenvalue weighted by Gasteiger charge is 2.56. The summed E-state index contributed by atoms with van der Waals surface area (Å²) in [6.07, 6.45) is 5.80. The lowest BCUT2D eigenvalue weighted by atomic mass is 9.93. The van der Waals surface area contributed by atoms with Crippen LogP contribution in [0.15, 0.2) is 30.3 Å². The molecule has 3 heteroatoms. The van der Waals surface area contributed by atoms with E-state index in [0.29, 0.717) is 0 Å². The first-order valence-corrected chi connectivity index (χ1v) is 7.86. The molecular formula is C17H22O3. The molecule has 2 aliphatic carbocycles. The third kappa shape index (κ3) is 2.00. The maximum absolute atomic E-state index is 10.3. The highest BCUT2D eigenvalue weighted by Crippen LogP contribution is 2.50. The molecule has 0 amide bonds. The Hall–Kier alpha value is -0.900. The van der Waals surface area contributed by atoms with Gasteiger partial charge in [-0.15, -0.1) is 0 Å². The van der Waals surface area contributed by atoms with Crippen molar-refractivity contribution in [3.8, 4) is 0 Å². The standard InChI is InChI=1S/C17H22O3/c18-14-11-13(12-7-3-1-4-8-12)15-16(14)20-17(19-15)9-5-2-6-10-17/h1,3-4,7-8,13-16,18H,2,5-6,9-11H2/t13-,14+,15-,16+/m1/s1. The van der Waals surface area contributed by atoms with Crippen molar-refractivity contribution in [2.24, 2.45) is 0 Å². The van der Waals surface area contributed by atoms with Crippen molar-refractivity contribution in [2.45, 2.75) is 68.5 Å². The van der Waals surface area contributed by atoms with Crippen LogP contribution < -0.4 is 0 Å². The second-order valence-electron chi connectivity index (χ2n) is 6.46. The number of benzene rings is 1. The molecule has 1 N–H and O–H groups in total. The van der Waals surface area contributed by atoms with E-state index in [-0.39, 0.29) is 18.1 Å². The zero-order valence-electron chi connectivity index (χ0n) is 11.7. The van der Waals surface area contributed by atoms with E-state index in [2.05, 4.69) is 24.3 Å². The van der Waals surface area contributed by atoms with Crippen molar-refractivity contribution >= 4 is 0 Å². The molecule has 1 heterocycles. The Morgan fingerprint density at radius 2 is 1.65 bits per heavy atom. The number of rotatable bonds is 1. The van der Waals surface area contributed by atoms with Gasteiger partial charge in [0, 0.05) is 18.8 Å². The molecule has 1 saturated heterocycles. The van der Waals surface area contributed by atoms with Gasteiger partial charge in [-0.25, -0.2) is 0 Å². The van der Waals surface area contributed by atoms with Crippen LogP contribution in [0.2, 0.25) is 0 Å². The molecule has 4 atom stereocenters. The molecular weight excluding hydrogens is 252 g/mol. The molecule has 108 valence electrons. The maximum Gasteiger partial charge on any atom is 0.169 e. The minimum absolute atomic E-state index is 0.0190. The summed E-state index contributed by atoms with van der Waals surface area (Å²) in [4.78, 5) is 0. The lowest BCUT2D eigenvalue weighted by Gasteiger charge is -2.33. The quantitative estimate of drug-likeness (QED) is 0.855. The van der Waals surface area contributed by atoms with E-state index < -0.39 is 11.9 Å². The fourth-order valence-electron chi connectivity index (χ4n) is 4.15. The van der Waals surface area contributed by atoms with Crippen LogP contribution in [0, 0.1) is 0 Å². The summed E-state index contributed by atoms with van der Waals surface area (Å²) in [6.45, 7) is 0. The smallest absolute Gasteiger partial charge is 0.169 e. The Morgan fingerprint density at radius 3 is 2.40 bits per heavy atom. The summed E-state index contributed by atoms with van der Waals surface area (Å²) >= 11 is 0.